The van der Waals surface area contributed by atoms with Gasteiger partial charge in [0.05, 0.1) is 6.61 Å². The number of hydrogen-bond acceptors (Lipinski definition) is 3. The number of likely N-dealkylation sites (tertiary alicyclic amines) is 1. The fourth-order valence-corrected chi connectivity index (χ4v) is 3.38. The Morgan fingerprint density at radius 2 is 2.04 bits per heavy atom. The zero-order valence-electron chi connectivity index (χ0n) is 17.6. The van der Waals surface area contributed by atoms with Crippen molar-refractivity contribution in [2.75, 3.05) is 32.8 Å². The van der Waals surface area contributed by atoms with Gasteiger partial charge in [0.15, 0.2) is 5.96 Å². The van der Waals surface area contributed by atoms with Crippen LogP contribution in [0.2, 0.25) is 0 Å². The number of ether oxygens (including phenoxy) is 1. The standard InChI is InChI=1S/C22H38N4O/c1-5-16-27-21-9-7-8-19(17-21)10-13-24-22(23-6-2)25-20-11-14-26(15-12-20)18(3)4/h7-9,17-18,20H,5-6,10-16H2,1-4H3,(H2,23,24,25). The first-order valence-corrected chi connectivity index (χ1v) is 10.6. The predicted molar refractivity (Wildman–Crippen MR) is 115 cm³/mol. The van der Waals surface area contributed by atoms with E-state index in [9.17, 15) is 0 Å². The fraction of sp³-hybridized carbons (Fsp3) is 0.682. The van der Waals surface area contributed by atoms with Gasteiger partial charge >= 0.3 is 0 Å². The van der Waals surface area contributed by atoms with Crippen LogP contribution in [0.1, 0.15) is 52.5 Å². The number of nitrogens with one attached hydrogen (secondary N) is 2. The van der Waals surface area contributed by atoms with E-state index in [0.717, 1.165) is 44.2 Å². The molecule has 1 heterocycles. The van der Waals surface area contributed by atoms with E-state index in [0.29, 0.717) is 12.1 Å². The molecule has 1 aliphatic heterocycles. The van der Waals surface area contributed by atoms with E-state index in [2.05, 4.69) is 61.4 Å². The van der Waals surface area contributed by atoms with Crippen molar-refractivity contribution in [3.8, 4) is 5.75 Å². The summed E-state index contributed by atoms with van der Waals surface area (Å²) in [5, 5.41) is 7.02. The van der Waals surface area contributed by atoms with Crippen LogP contribution in [0, 0.1) is 0 Å². The molecule has 1 aromatic carbocycles. The summed E-state index contributed by atoms with van der Waals surface area (Å²) in [6.45, 7) is 13.6. The van der Waals surface area contributed by atoms with Gasteiger partial charge < -0.3 is 20.3 Å². The highest BCUT2D eigenvalue weighted by molar-refractivity contribution is 5.80. The minimum atomic E-state index is 0.517. The molecule has 1 aromatic rings. The monoisotopic (exact) mass is 374 g/mol. The summed E-state index contributed by atoms with van der Waals surface area (Å²) in [6.07, 6.45) is 4.31. The molecule has 0 radical (unpaired) electrons. The van der Waals surface area contributed by atoms with E-state index in [4.69, 9.17) is 9.73 Å². The molecule has 2 N–H and O–H groups in total. The maximum absolute atomic E-state index is 5.72. The summed E-state index contributed by atoms with van der Waals surface area (Å²) in [5.74, 6) is 1.90. The van der Waals surface area contributed by atoms with E-state index in [1.54, 1.807) is 0 Å². The number of hydrogen-bond donors (Lipinski definition) is 2. The molecule has 0 aliphatic carbocycles. The Bertz CT molecular complexity index is 565. The van der Waals surface area contributed by atoms with E-state index in [-0.39, 0.29) is 0 Å². The van der Waals surface area contributed by atoms with Gasteiger partial charge in [0.25, 0.3) is 0 Å². The lowest BCUT2D eigenvalue weighted by molar-refractivity contribution is 0.167. The van der Waals surface area contributed by atoms with Gasteiger partial charge in [-0.3, -0.25) is 4.99 Å². The topological polar surface area (TPSA) is 48.9 Å². The molecule has 152 valence electrons. The highest BCUT2D eigenvalue weighted by atomic mass is 16.5. The zero-order chi connectivity index (χ0) is 19.5. The van der Waals surface area contributed by atoms with Gasteiger partial charge in [0, 0.05) is 38.3 Å². The number of rotatable bonds is 9. The van der Waals surface area contributed by atoms with Crippen LogP contribution in [0.5, 0.6) is 5.75 Å². The third-order valence-corrected chi connectivity index (χ3v) is 4.99. The van der Waals surface area contributed by atoms with Gasteiger partial charge in [0.2, 0.25) is 0 Å². The van der Waals surface area contributed by atoms with Crippen LogP contribution in [-0.2, 0) is 6.42 Å². The van der Waals surface area contributed by atoms with E-state index < -0.39 is 0 Å². The molecule has 1 aliphatic rings. The summed E-state index contributed by atoms with van der Waals surface area (Å²) >= 11 is 0. The van der Waals surface area contributed by atoms with Gasteiger partial charge in [-0.1, -0.05) is 19.1 Å². The minimum Gasteiger partial charge on any atom is -0.494 e. The maximum Gasteiger partial charge on any atom is 0.191 e. The van der Waals surface area contributed by atoms with Gasteiger partial charge in [0.1, 0.15) is 5.75 Å². The second-order valence-electron chi connectivity index (χ2n) is 7.55. The fourth-order valence-electron chi connectivity index (χ4n) is 3.38. The molecule has 1 fully saturated rings. The lowest BCUT2D eigenvalue weighted by Crippen LogP contribution is -2.49. The number of guanidine groups is 1. The second-order valence-corrected chi connectivity index (χ2v) is 7.55. The number of nitrogens with zero attached hydrogens (tertiary/aromatic N) is 2. The van der Waals surface area contributed by atoms with Crippen molar-refractivity contribution in [1.29, 1.82) is 0 Å². The summed E-state index contributed by atoms with van der Waals surface area (Å²) in [4.78, 5) is 7.34. The Kier molecular flexibility index (Phi) is 9.46. The molecule has 5 heteroatoms. The number of aliphatic imine (C=N–C) groups is 1. The van der Waals surface area contributed by atoms with Crippen molar-refractivity contribution in [1.82, 2.24) is 15.5 Å². The molecule has 2 rings (SSSR count). The van der Waals surface area contributed by atoms with Gasteiger partial charge in [-0.25, -0.2) is 0 Å². The van der Waals surface area contributed by atoms with Crippen molar-refractivity contribution < 1.29 is 4.74 Å². The summed E-state index contributed by atoms with van der Waals surface area (Å²) in [6, 6.07) is 9.53. The quantitative estimate of drug-likeness (QED) is 0.513. The van der Waals surface area contributed by atoms with Crippen molar-refractivity contribution in [3.05, 3.63) is 29.8 Å². The average molecular weight is 375 g/mol. The van der Waals surface area contributed by atoms with E-state index >= 15 is 0 Å². The molecule has 0 atom stereocenters. The van der Waals surface area contributed by atoms with E-state index in [1.165, 1.54) is 31.5 Å². The molecule has 27 heavy (non-hydrogen) atoms. The molecule has 0 saturated carbocycles. The first-order chi connectivity index (χ1) is 13.1. The normalized spacial score (nSPS) is 16.6. The lowest BCUT2D eigenvalue weighted by Gasteiger charge is -2.35. The predicted octanol–water partition coefficient (Wildman–Crippen LogP) is 3.45. The van der Waals surface area contributed by atoms with Crippen LogP contribution in [0.4, 0.5) is 0 Å². The molecule has 0 amide bonds. The van der Waals surface area contributed by atoms with Crippen LogP contribution in [-0.4, -0.2) is 55.7 Å². The number of piperidine rings is 1. The summed E-state index contributed by atoms with van der Waals surface area (Å²) in [7, 11) is 0. The van der Waals surface area contributed by atoms with Crippen LogP contribution < -0.4 is 15.4 Å². The smallest absolute Gasteiger partial charge is 0.191 e. The van der Waals surface area contributed by atoms with Gasteiger partial charge in [-0.05, 0) is 64.2 Å². The Morgan fingerprint density at radius 3 is 2.70 bits per heavy atom. The van der Waals surface area contributed by atoms with Gasteiger partial charge in [-0.2, -0.15) is 0 Å². The Balaban J connectivity index is 1.83. The van der Waals surface area contributed by atoms with Crippen LogP contribution in [0.25, 0.3) is 0 Å². The van der Waals surface area contributed by atoms with Crippen LogP contribution >= 0.6 is 0 Å². The Hall–Kier alpha value is -1.75. The highest BCUT2D eigenvalue weighted by Gasteiger charge is 2.21. The maximum atomic E-state index is 5.72. The van der Waals surface area contributed by atoms with Crippen molar-refractivity contribution in [2.45, 2.75) is 65.5 Å². The Labute approximate surface area is 165 Å². The molecule has 5 nitrogen and oxygen atoms in total. The largest absolute Gasteiger partial charge is 0.494 e. The second kappa shape index (κ2) is 11.9. The first kappa shape index (κ1) is 21.5. The molecular weight excluding hydrogens is 336 g/mol. The highest BCUT2D eigenvalue weighted by Crippen LogP contribution is 2.15. The summed E-state index contributed by atoms with van der Waals surface area (Å²) in [5.41, 5.74) is 1.27. The van der Waals surface area contributed by atoms with Crippen LogP contribution in [0.15, 0.2) is 29.3 Å². The molecule has 0 bridgehead atoms. The third kappa shape index (κ3) is 7.79. The molecule has 0 spiro atoms. The Morgan fingerprint density at radius 1 is 1.26 bits per heavy atom. The zero-order valence-corrected chi connectivity index (χ0v) is 17.6. The first-order valence-electron chi connectivity index (χ1n) is 10.6. The van der Waals surface area contributed by atoms with E-state index in [1.807, 2.05) is 6.07 Å². The van der Waals surface area contributed by atoms with Gasteiger partial charge in [-0.15, -0.1) is 0 Å². The minimum absolute atomic E-state index is 0.517. The third-order valence-electron chi connectivity index (χ3n) is 4.99. The molecule has 0 aromatic heterocycles. The average Bonchev–Trinajstić information content (AvgIpc) is 2.67. The number of benzene rings is 1. The molecular formula is C22H38N4O. The molecule has 0 unspecified atom stereocenters. The van der Waals surface area contributed by atoms with Crippen molar-refractivity contribution in [3.63, 3.8) is 0 Å². The van der Waals surface area contributed by atoms with Crippen LogP contribution in [0.3, 0.4) is 0 Å². The molecule has 1 saturated heterocycles. The van der Waals surface area contributed by atoms with Crippen molar-refractivity contribution in [2.24, 2.45) is 4.99 Å². The lowest BCUT2D eigenvalue weighted by atomic mass is 10.0. The van der Waals surface area contributed by atoms with Crippen molar-refractivity contribution >= 4 is 5.96 Å². The summed E-state index contributed by atoms with van der Waals surface area (Å²) < 4.78 is 5.72. The SMILES string of the molecule is CCCOc1cccc(CCN=C(NCC)NC2CCN(C(C)C)CC2)c1.